The van der Waals surface area contributed by atoms with E-state index < -0.39 is 0 Å². The third kappa shape index (κ3) is 4.62. The molecule has 3 unspecified atom stereocenters. The van der Waals surface area contributed by atoms with Gasteiger partial charge in [-0.1, -0.05) is 13.8 Å². The quantitative estimate of drug-likeness (QED) is 0.669. The highest BCUT2D eigenvalue weighted by Crippen LogP contribution is 2.17. The summed E-state index contributed by atoms with van der Waals surface area (Å²) in [4.78, 5) is 10.6. The van der Waals surface area contributed by atoms with Gasteiger partial charge in [-0.25, -0.2) is 0 Å². The molecule has 12 heavy (non-hydrogen) atoms. The van der Waals surface area contributed by atoms with Gasteiger partial charge in [0.05, 0.1) is 6.10 Å². The smallest absolute Gasteiger partial charge is 0.221 e. The maximum Gasteiger partial charge on any atom is 0.221 e. The molecule has 0 radical (unpaired) electrons. The van der Waals surface area contributed by atoms with E-state index >= 15 is 0 Å². The lowest BCUT2D eigenvalue weighted by molar-refractivity contribution is -0.120. The maximum atomic E-state index is 10.6. The van der Waals surface area contributed by atoms with Gasteiger partial charge in [-0.2, -0.15) is 11.8 Å². The minimum absolute atomic E-state index is 0.115. The van der Waals surface area contributed by atoms with E-state index in [4.69, 9.17) is 10.8 Å². The Balaban J connectivity index is 3.61. The molecule has 0 saturated carbocycles. The van der Waals surface area contributed by atoms with Crippen molar-refractivity contribution in [2.24, 2.45) is 11.7 Å². The molecule has 0 heterocycles. The van der Waals surface area contributed by atoms with Gasteiger partial charge in [-0.05, 0) is 6.92 Å². The highest BCUT2D eigenvalue weighted by atomic mass is 32.2. The molecule has 0 aliphatic heterocycles. The second kappa shape index (κ2) is 5.43. The van der Waals surface area contributed by atoms with E-state index in [1.54, 1.807) is 25.6 Å². The standard InChI is InChI=1S/C8H17NO2S/c1-5(8(9)11)4-12-7(3)6(2)10/h5-7,10H,4H2,1-3H3,(H2,9,11). The fourth-order valence-electron chi connectivity index (χ4n) is 0.518. The molecular formula is C8H17NO2S. The number of nitrogens with two attached hydrogens (primary N) is 1. The minimum atomic E-state index is -0.338. The fourth-order valence-corrected chi connectivity index (χ4v) is 1.55. The predicted octanol–water partition coefficient (Wildman–Crippen LogP) is 0.610. The molecule has 0 aromatic rings. The van der Waals surface area contributed by atoms with Crippen molar-refractivity contribution >= 4 is 17.7 Å². The molecule has 3 nitrogen and oxygen atoms in total. The summed E-state index contributed by atoms with van der Waals surface area (Å²) in [6.07, 6.45) is -0.338. The Hall–Kier alpha value is -0.220. The number of aliphatic hydroxyl groups is 1. The van der Waals surface area contributed by atoms with Crippen LogP contribution in [0, 0.1) is 5.92 Å². The summed E-state index contributed by atoms with van der Waals surface area (Å²) < 4.78 is 0. The predicted molar refractivity (Wildman–Crippen MR) is 52.0 cm³/mol. The van der Waals surface area contributed by atoms with Crippen LogP contribution in [0.15, 0.2) is 0 Å². The van der Waals surface area contributed by atoms with Crippen LogP contribution in [0.2, 0.25) is 0 Å². The largest absolute Gasteiger partial charge is 0.392 e. The molecule has 0 aliphatic carbocycles. The number of aliphatic hydroxyl groups excluding tert-OH is 1. The van der Waals surface area contributed by atoms with Gasteiger partial charge in [-0.3, -0.25) is 4.79 Å². The van der Waals surface area contributed by atoms with Crippen molar-refractivity contribution in [3.8, 4) is 0 Å². The van der Waals surface area contributed by atoms with Gasteiger partial charge in [0.1, 0.15) is 0 Å². The Morgan fingerprint density at radius 2 is 2.00 bits per heavy atom. The van der Waals surface area contributed by atoms with Crippen molar-refractivity contribution < 1.29 is 9.90 Å². The Morgan fingerprint density at radius 1 is 1.50 bits per heavy atom. The van der Waals surface area contributed by atoms with E-state index in [0.29, 0.717) is 5.75 Å². The lowest BCUT2D eigenvalue weighted by Crippen LogP contribution is -2.24. The topological polar surface area (TPSA) is 63.3 Å². The van der Waals surface area contributed by atoms with Gasteiger partial charge in [0.2, 0.25) is 5.91 Å². The number of hydrogen-bond donors (Lipinski definition) is 2. The fraction of sp³-hybridized carbons (Fsp3) is 0.875. The lowest BCUT2D eigenvalue weighted by Gasteiger charge is -2.15. The monoisotopic (exact) mass is 191 g/mol. The molecule has 4 heteroatoms. The molecule has 0 bridgehead atoms. The zero-order valence-electron chi connectivity index (χ0n) is 7.78. The van der Waals surface area contributed by atoms with Crippen LogP contribution in [0.5, 0.6) is 0 Å². The first kappa shape index (κ1) is 11.8. The van der Waals surface area contributed by atoms with E-state index in [1.165, 1.54) is 0 Å². The zero-order valence-corrected chi connectivity index (χ0v) is 8.60. The summed E-state index contributed by atoms with van der Waals surface area (Å²) in [5, 5.41) is 9.29. The molecule has 0 spiro atoms. The van der Waals surface area contributed by atoms with Gasteiger partial charge in [-0.15, -0.1) is 0 Å². The number of rotatable bonds is 5. The molecule has 0 aromatic carbocycles. The average Bonchev–Trinajstić information content (AvgIpc) is 1.98. The number of primary amides is 1. The van der Waals surface area contributed by atoms with E-state index in [0.717, 1.165) is 0 Å². The van der Waals surface area contributed by atoms with E-state index in [1.807, 2.05) is 6.92 Å². The first-order valence-electron chi connectivity index (χ1n) is 4.04. The molecule has 72 valence electrons. The maximum absolute atomic E-state index is 10.6. The summed E-state index contributed by atoms with van der Waals surface area (Å²) in [5.41, 5.74) is 5.08. The Kier molecular flexibility index (Phi) is 5.33. The Morgan fingerprint density at radius 3 is 2.33 bits per heavy atom. The van der Waals surface area contributed by atoms with Crippen LogP contribution >= 0.6 is 11.8 Å². The van der Waals surface area contributed by atoms with Crippen molar-refractivity contribution in [1.82, 2.24) is 0 Å². The molecule has 0 rings (SSSR count). The highest BCUT2D eigenvalue weighted by Gasteiger charge is 2.13. The molecular weight excluding hydrogens is 174 g/mol. The zero-order chi connectivity index (χ0) is 9.72. The third-order valence-corrected chi connectivity index (χ3v) is 3.39. The van der Waals surface area contributed by atoms with Crippen molar-refractivity contribution in [3.05, 3.63) is 0 Å². The number of thioether (sulfide) groups is 1. The summed E-state index contributed by atoms with van der Waals surface area (Å²) in [7, 11) is 0. The van der Waals surface area contributed by atoms with E-state index in [2.05, 4.69) is 0 Å². The highest BCUT2D eigenvalue weighted by molar-refractivity contribution is 7.99. The molecule has 3 N–H and O–H groups in total. The molecule has 1 amide bonds. The van der Waals surface area contributed by atoms with Crippen molar-refractivity contribution in [2.45, 2.75) is 32.1 Å². The second-order valence-electron chi connectivity index (χ2n) is 3.08. The van der Waals surface area contributed by atoms with Crippen LogP contribution in [-0.2, 0) is 4.79 Å². The van der Waals surface area contributed by atoms with Gasteiger partial charge in [0.15, 0.2) is 0 Å². The normalized spacial score (nSPS) is 18.3. The second-order valence-corrected chi connectivity index (χ2v) is 4.49. The first-order valence-corrected chi connectivity index (χ1v) is 5.09. The average molecular weight is 191 g/mol. The summed E-state index contributed by atoms with van der Waals surface area (Å²) in [6, 6.07) is 0. The number of carbonyl (C=O) groups excluding carboxylic acids is 1. The molecule has 0 fully saturated rings. The molecule has 0 saturated heterocycles. The molecule has 0 aromatic heterocycles. The summed E-state index contributed by atoms with van der Waals surface area (Å²) in [6.45, 7) is 5.47. The van der Waals surface area contributed by atoms with Crippen LogP contribution in [0.3, 0.4) is 0 Å². The van der Waals surface area contributed by atoms with E-state index in [9.17, 15) is 4.79 Å². The number of amides is 1. The third-order valence-electron chi connectivity index (χ3n) is 1.77. The SMILES string of the molecule is CC(CSC(C)C(C)O)C(N)=O. The van der Waals surface area contributed by atoms with Gasteiger partial charge in [0.25, 0.3) is 0 Å². The van der Waals surface area contributed by atoms with Crippen LogP contribution in [-0.4, -0.2) is 28.1 Å². The summed E-state index contributed by atoms with van der Waals surface area (Å²) >= 11 is 1.57. The Labute approximate surface area is 77.7 Å². The number of carbonyl (C=O) groups is 1. The Bertz CT molecular complexity index is 150. The van der Waals surface area contributed by atoms with Crippen molar-refractivity contribution in [2.75, 3.05) is 5.75 Å². The summed E-state index contributed by atoms with van der Waals surface area (Å²) in [5.74, 6) is 0.290. The van der Waals surface area contributed by atoms with Crippen LogP contribution in [0.25, 0.3) is 0 Å². The molecule has 0 aliphatic rings. The lowest BCUT2D eigenvalue weighted by atomic mass is 10.2. The van der Waals surface area contributed by atoms with E-state index in [-0.39, 0.29) is 23.2 Å². The van der Waals surface area contributed by atoms with Crippen molar-refractivity contribution in [3.63, 3.8) is 0 Å². The van der Waals surface area contributed by atoms with Crippen LogP contribution in [0.1, 0.15) is 20.8 Å². The van der Waals surface area contributed by atoms with Crippen LogP contribution in [0.4, 0.5) is 0 Å². The van der Waals surface area contributed by atoms with Crippen LogP contribution < -0.4 is 5.73 Å². The minimum Gasteiger partial charge on any atom is -0.392 e. The first-order chi connectivity index (χ1) is 5.45. The van der Waals surface area contributed by atoms with Gasteiger partial charge >= 0.3 is 0 Å². The van der Waals surface area contributed by atoms with Gasteiger partial charge in [0, 0.05) is 16.9 Å². The molecule has 3 atom stereocenters. The number of hydrogen-bond acceptors (Lipinski definition) is 3. The van der Waals surface area contributed by atoms with Crippen molar-refractivity contribution in [1.29, 1.82) is 0 Å². The van der Waals surface area contributed by atoms with Gasteiger partial charge < -0.3 is 10.8 Å².